The fourth-order valence-electron chi connectivity index (χ4n) is 2.77. The average Bonchev–Trinajstić information content (AvgIpc) is 3.03. The van der Waals surface area contributed by atoms with Crippen LogP contribution in [0.5, 0.6) is 0 Å². The first-order valence-corrected chi connectivity index (χ1v) is 6.30. The Bertz CT molecular complexity index is 461. The maximum absolute atomic E-state index is 11.1. The Hall–Kier alpha value is -1.36. The topological polar surface area (TPSA) is 86.9 Å². The van der Waals surface area contributed by atoms with Gasteiger partial charge in [0.1, 0.15) is 6.54 Å². The summed E-state index contributed by atoms with van der Waals surface area (Å²) in [6.07, 6.45) is 5.47. The summed E-state index contributed by atoms with van der Waals surface area (Å²) in [6.45, 7) is 0.182. The number of hydrogen-bond donors (Lipinski definition) is 2. The lowest BCUT2D eigenvalue weighted by atomic mass is 9.90. The Morgan fingerprint density at radius 2 is 2.18 bits per heavy atom. The number of hydrogen-bond acceptors (Lipinski definition) is 3. The highest BCUT2D eigenvalue weighted by atomic mass is 16.1. The van der Waals surface area contributed by atoms with Crippen molar-refractivity contribution in [1.82, 2.24) is 9.78 Å². The van der Waals surface area contributed by atoms with E-state index in [9.17, 15) is 4.79 Å². The van der Waals surface area contributed by atoms with E-state index in [1.807, 2.05) is 0 Å². The SMILES string of the molecule is NC(=O)Cn1nc(C2CC2)c2c1CCCC2N. The van der Waals surface area contributed by atoms with E-state index in [2.05, 4.69) is 5.10 Å². The Morgan fingerprint density at radius 3 is 2.82 bits per heavy atom. The van der Waals surface area contributed by atoms with Crippen LogP contribution in [0.4, 0.5) is 0 Å². The van der Waals surface area contributed by atoms with E-state index in [0.29, 0.717) is 5.92 Å². The minimum Gasteiger partial charge on any atom is -0.368 e. The van der Waals surface area contributed by atoms with Gasteiger partial charge in [-0.25, -0.2) is 0 Å². The van der Waals surface area contributed by atoms with E-state index >= 15 is 0 Å². The van der Waals surface area contributed by atoms with Crippen LogP contribution >= 0.6 is 0 Å². The average molecular weight is 234 g/mol. The molecule has 3 rings (SSSR count). The van der Waals surface area contributed by atoms with E-state index in [4.69, 9.17) is 11.5 Å². The molecule has 2 aliphatic carbocycles. The molecule has 0 radical (unpaired) electrons. The van der Waals surface area contributed by atoms with E-state index in [-0.39, 0.29) is 18.5 Å². The Morgan fingerprint density at radius 1 is 1.41 bits per heavy atom. The van der Waals surface area contributed by atoms with Crippen molar-refractivity contribution < 1.29 is 4.79 Å². The molecule has 92 valence electrons. The second kappa shape index (κ2) is 3.84. The first-order valence-electron chi connectivity index (χ1n) is 6.30. The number of fused-ring (bicyclic) bond motifs is 1. The summed E-state index contributed by atoms with van der Waals surface area (Å²) in [4.78, 5) is 11.1. The van der Waals surface area contributed by atoms with Crippen LogP contribution in [0.3, 0.4) is 0 Å². The first-order chi connectivity index (χ1) is 8.16. The molecule has 1 atom stereocenters. The molecule has 0 saturated heterocycles. The van der Waals surface area contributed by atoms with Gasteiger partial charge in [-0.1, -0.05) is 0 Å². The van der Waals surface area contributed by atoms with Crippen LogP contribution in [-0.4, -0.2) is 15.7 Å². The molecule has 1 amide bonds. The molecule has 4 N–H and O–H groups in total. The molecule has 2 aliphatic rings. The number of carbonyl (C=O) groups excluding carboxylic acids is 1. The molecule has 0 spiro atoms. The summed E-state index contributed by atoms with van der Waals surface area (Å²) in [5.41, 5.74) is 14.9. The number of aromatic nitrogens is 2. The van der Waals surface area contributed by atoms with Gasteiger partial charge in [0.25, 0.3) is 0 Å². The van der Waals surface area contributed by atoms with Gasteiger partial charge in [0.15, 0.2) is 0 Å². The number of carbonyl (C=O) groups is 1. The van der Waals surface area contributed by atoms with Gasteiger partial charge in [0.05, 0.1) is 5.69 Å². The van der Waals surface area contributed by atoms with Crippen LogP contribution in [-0.2, 0) is 17.8 Å². The first kappa shape index (κ1) is 10.8. The Kier molecular flexibility index (Phi) is 2.43. The summed E-state index contributed by atoms with van der Waals surface area (Å²) in [7, 11) is 0. The van der Waals surface area contributed by atoms with Crippen LogP contribution < -0.4 is 11.5 Å². The summed E-state index contributed by atoms with van der Waals surface area (Å²) >= 11 is 0. The summed E-state index contributed by atoms with van der Waals surface area (Å²) < 4.78 is 1.78. The number of primary amides is 1. The Labute approximate surface area is 100 Å². The van der Waals surface area contributed by atoms with Crippen molar-refractivity contribution in [3.63, 3.8) is 0 Å². The van der Waals surface area contributed by atoms with Crippen molar-refractivity contribution in [1.29, 1.82) is 0 Å². The molecule has 1 heterocycles. The smallest absolute Gasteiger partial charge is 0.239 e. The second-order valence-electron chi connectivity index (χ2n) is 5.14. The fraction of sp³-hybridized carbons (Fsp3) is 0.667. The third-order valence-corrected chi connectivity index (χ3v) is 3.70. The minimum absolute atomic E-state index is 0.0935. The van der Waals surface area contributed by atoms with E-state index in [1.165, 1.54) is 18.4 Å². The van der Waals surface area contributed by atoms with Gasteiger partial charge in [-0.05, 0) is 32.1 Å². The van der Waals surface area contributed by atoms with E-state index in [1.54, 1.807) is 4.68 Å². The molecule has 5 nitrogen and oxygen atoms in total. The van der Waals surface area contributed by atoms with Gasteiger partial charge in [-0.3, -0.25) is 9.48 Å². The maximum Gasteiger partial charge on any atom is 0.239 e. The van der Waals surface area contributed by atoms with Gasteiger partial charge in [-0.2, -0.15) is 5.10 Å². The molecule has 0 bridgehead atoms. The summed E-state index contributed by atoms with van der Waals surface area (Å²) in [5.74, 6) is 0.235. The highest BCUT2D eigenvalue weighted by Gasteiger charge is 2.35. The van der Waals surface area contributed by atoms with Crippen molar-refractivity contribution >= 4 is 5.91 Å². The molecule has 1 fully saturated rings. The van der Waals surface area contributed by atoms with Crippen molar-refractivity contribution in [3.8, 4) is 0 Å². The van der Waals surface area contributed by atoms with Gasteiger partial charge < -0.3 is 11.5 Å². The van der Waals surface area contributed by atoms with Crippen molar-refractivity contribution in [2.24, 2.45) is 11.5 Å². The predicted octanol–water partition coefficient (Wildman–Crippen LogP) is 0.582. The van der Waals surface area contributed by atoms with Crippen LogP contribution in [0.1, 0.15) is 54.6 Å². The Balaban J connectivity index is 2.04. The molecule has 0 aliphatic heterocycles. The molecule has 17 heavy (non-hydrogen) atoms. The quantitative estimate of drug-likeness (QED) is 0.802. The third kappa shape index (κ3) is 1.84. The lowest BCUT2D eigenvalue weighted by Crippen LogP contribution is -2.23. The lowest BCUT2D eigenvalue weighted by molar-refractivity contribution is -0.118. The number of amides is 1. The number of rotatable bonds is 3. The van der Waals surface area contributed by atoms with Gasteiger partial charge in [0.2, 0.25) is 5.91 Å². The second-order valence-corrected chi connectivity index (χ2v) is 5.14. The summed E-state index contributed by atoms with van der Waals surface area (Å²) in [5, 5.41) is 4.58. The van der Waals surface area contributed by atoms with Crippen LogP contribution in [0.2, 0.25) is 0 Å². The van der Waals surface area contributed by atoms with E-state index < -0.39 is 0 Å². The van der Waals surface area contributed by atoms with Crippen molar-refractivity contribution in [2.45, 2.75) is 50.6 Å². The third-order valence-electron chi connectivity index (χ3n) is 3.70. The zero-order valence-corrected chi connectivity index (χ0v) is 9.85. The van der Waals surface area contributed by atoms with Crippen molar-refractivity contribution in [3.05, 3.63) is 17.0 Å². The molecule has 1 aromatic heterocycles. The number of nitrogens with zero attached hydrogens (tertiary/aromatic N) is 2. The molecule has 1 aromatic rings. The molecule has 1 saturated carbocycles. The standard InChI is InChI=1S/C12H18N4O/c13-8-2-1-3-9-11(8)12(7-4-5-7)15-16(9)6-10(14)17/h7-8H,1-6,13H2,(H2,14,17). The molecular weight excluding hydrogens is 216 g/mol. The maximum atomic E-state index is 11.1. The van der Waals surface area contributed by atoms with E-state index in [0.717, 1.165) is 30.7 Å². The highest BCUT2D eigenvalue weighted by molar-refractivity contribution is 5.73. The van der Waals surface area contributed by atoms with Crippen LogP contribution in [0.15, 0.2) is 0 Å². The highest BCUT2D eigenvalue weighted by Crippen LogP contribution is 2.44. The largest absolute Gasteiger partial charge is 0.368 e. The molecular formula is C12H18N4O. The zero-order chi connectivity index (χ0) is 12.0. The van der Waals surface area contributed by atoms with Gasteiger partial charge in [-0.15, -0.1) is 0 Å². The molecule has 0 aromatic carbocycles. The number of nitrogens with two attached hydrogens (primary N) is 2. The molecule has 5 heteroatoms. The lowest BCUT2D eigenvalue weighted by Gasteiger charge is -2.20. The fourth-order valence-corrected chi connectivity index (χ4v) is 2.77. The minimum atomic E-state index is -0.336. The van der Waals surface area contributed by atoms with Crippen LogP contribution in [0.25, 0.3) is 0 Å². The van der Waals surface area contributed by atoms with Crippen LogP contribution in [0, 0.1) is 0 Å². The zero-order valence-electron chi connectivity index (χ0n) is 9.85. The van der Waals surface area contributed by atoms with Crippen molar-refractivity contribution in [2.75, 3.05) is 0 Å². The summed E-state index contributed by atoms with van der Waals surface area (Å²) in [6, 6.07) is 0.0935. The van der Waals surface area contributed by atoms with Gasteiger partial charge >= 0.3 is 0 Å². The van der Waals surface area contributed by atoms with Gasteiger partial charge in [0, 0.05) is 23.2 Å². The predicted molar refractivity (Wildman–Crippen MR) is 63.3 cm³/mol. The monoisotopic (exact) mass is 234 g/mol. The normalized spacial score (nSPS) is 23.5. The molecule has 1 unspecified atom stereocenters.